The van der Waals surface area contributed by atoms with Crippen LogP contribution in [0, 0.1) is 0 Å². The zero-order valence-corrected chi connectivity index (χ0v) is 12.3. The first-order chi connectivity index (χ1) is 10.1. The molecule has 2 N–H and O–H groups in total. The molecule has 110 valence electrons. The zero-order valence-electron chi connectivity index (χ0n) is 11.5. The third kappa shape index (κ3) is 3.97. The maximum absolute atomic E-state index is 12.0. The Kier molecular flexibility index (Phi) is 5.20. The van der Waals surface area contributed by atoms with Gasteiger partial charge in [0.2, 0.25) is 0 Å². The fourth-order valence-electron chi connectivity index (χ4n) is 1.96. The van der Waals surface area contributed by atoms with Crippen LogP contribution in [0.15, 0.2) is 48.5 Å². The summed E-state index contributed by atoms with van der Waals surface area (Å²) in [5, 5.41) is 13.2. The monoisotopic (exact) mass is 305 g/mol. The number of carbonyl (C=O) groups is 1. The van der Waals surface area contributed by atoms with Crippen molar-refractivity contribution in [3.63, 3.8) is 0 Å². The predicted molar refractivity (Wildman–Crippen MR) is 81.3 cm³/mol. The van der Waals surface area contributed by atoms with E-state index in [1.54, 1.807) is 31.4 Å². The maximum atomic E-state index is 12.0. The molecule has 0 heterocycles. The van der Waals surface area contributed by atoms with E-state index in [9.17, 15) is 9.90 Å². The Labute approximate surface area is 128 Å². The molecule has 0 saturated heterocycles. The van der Waals surface area contributed by atoms with Crippen LogP contribution in [0.25, 0.3) is 0 Å². The van der Waals surface area contributed by atoms with Crippen LogP contribution in [0.4, 0.5) is 0 Å². The smallest absolute Gasteiger partial charge is 0.253 e. The maximum Gasteiger partial charge on any atom is 0.253 e. The van der Waals surface area contributed by atoms with Gasteiger partial charge in [-0.1, -0.05) is 41.9 Å². The number of methoxy groups -OCH3 is 1. The molecule has 0 aliphatic carbocycles. The predicted octanol–water partition coefficient (Wildman–Crippen LogP) is 2.70. The number of amides is 1. The highest BCUT2D eigenvalue weighted by molar-refractivity contribution is 6.30. The van der Waals surface area contributed by atoms with E-state index in [-0.39, 0.29) is 6.54 Å². The molecule has 1 amide bonds. The number of rotatable bonds is 5. The lowest BCUT2D eigenvalue weighted by molar-refractivity contribution is -0.129. The van der Waals surface area contributed by atoms with Gasteiger partial charge in [-0.2, -0.15) is 0 Å². The summed E-state index contributed by atoms with van der Waals surface area (Å²) < 4.78 is 5.21. The van der Waals surface area contributed by atoms with E-state index in [1.807, 2.05) is 24.3 Å². The Morgan fingerprint density at radius 1 is 1.29 bits per heavy atom. The normalized spacial score (nSPS) is 11.8. The highest BCUT2D eigenvalue weighted by atomic mass is 35.5. The van der Waals surface area contributed by atoms with Crippen molar-refractivity contribution in [3.05, 3.63) is 64.7 Å². The summed E-state index contributed by atoms with van der Waals surface area (Å²) in [6.07, 6.45) is -1.25. The number of aliphatic hydroxyl groups excluding tert-OH is 1. The number of hydrogen-bond donors (Lipinski definition) is 2. The molecule has 0 bridgehead atoms. The first-order valence-corrected chi connectivity index (χ1v) is 6.82. The Morgan fingerprint density at radius 3 is 2.76 bits per heavy atom. The molecule has 0 aliphatic rings. The fourth-order valence-corrected chi connectivity index (χ4v) is 2.15. The van der Waals surface area contributed by atoms with Gasteiger partial charge in [-0.15, -0.1) is 0 Å². The average Bonchev–Trinajstić information content (AvgIpc) is 2.52. The molecule has 5 heteroatoms. The van der Waals surface area contributed by atoms with E-state index in [0.29, 0.717) is 16.3 Å². The second-order valence-corrected chi connectivity index (χ2v) is 4.92. The summed E-state index contributed by atoms with van der Waals surface area (Å²) >= 11 is 5.85. The lowest BCUT2D eigenvalue weighted by atomic mass is 10.1. The van der Waals surface area contributed by atoms with Crippen molar-refractivity contribution in [1.29, 1.82) is 0 Å². The van der Waals surface area contributed by atoms with E-state index >= 15 is 0 Å². The van der Waals surface area contributed by atoms with E-state index in [4.69, 9.17) is 16.3 Å². The molecule has 0 radical (unpaired) electrons. The van der Waals surface area contributed by atoms with Gasteiger partial charge in [0.1, 0.15) is 5.75 Å². The lowest BCUT2D eigenvalue weighted by Gasteiger charge is -2.13. The van der Waals surface area contributed by atoms with E-state index in [1.165, 1.54) is 0 Å². The molecule has 0 aromatic heterocycles. The number of halogens is 1. The summed E-state index contributed by atoms with van der Waals surface area (Å²) in [5.74, 6) is 0.207. The molecule has 2 aromatic carbocycles. The summed E-state index contributed by atoms with van der Waals surface area (Å²) in [6, 6.07) is 14.0. The molecule has 0 fully saturated rings. The van der Waals surface area contributed by atoms with Crippen LogP contribution in [-0.2, 0) is 11.3 Å². The molecule has 21 heavy (non-hydrogen) atoms. The van der Waals surface area contributed by atoms with Gasteiger partial charge in [-0.25, -0.2) is 0 Å². The van der Waals surface area contributed by atoms with Crippen LogP contribution in [0.2, 0.25) is 5.02 Å². The van der Waals surface area contributed by atoms with Gasteiger partial charge < -0.3 is 15.2 Å². The quantitative estimate of drug-likeness (QED) is 0.893. The molecule has 2 rings (SSSR count). The molecule has 4 nitrogen and oxygen atoms in total. The summed E-state index contributed by atoms with van der Waals surface area (Å²) in [7, 11) is 1.57. The third-order valence-electron chi connectivity index (χ3n) is 3.06. The lowest BCUT2D eigenvalue weighted by Crippen LogP contribution is -2.29. The van der Waals surface area contributed by atoms with Gasteiger partial charge in [0.15, 0.2) is 6.10 Å². The Balaban J connectivity index is 2.01. The van der Waals surface area contributed by atoms with Gasteiger partial charge in [0.05, 0.1) is 7.11 Å². The fraction of sp³-hybridized carbons (Fsp3) is 0.188. The second-order valence-electron chi connectivity index (χ2n) is 4.49. The molecule has 0 aliphatic heterocycles. The van der Waals surface area contributed by atoms with Crippen LogP contribution in [0.3, 0.4) is 0 Å². The van der Waals surface area contributed by atoms with E-state index in [0.717, 1.165) is 5.56 Å². The van der Waals surface area contributed by atoms with Crippen molar-refractivity contribution in [2.75, 3.05) is 7.11 Å². The van der Waals surface area contributed by atoms with Crippen LogP contribution < -0.4 is 10.1 Å². The topological polar surface area (TPSA) is 58.6 Å². The van der Waals surface area contributed by atoms with E-state index < -0.39 is 12.0 Å². The molecule has 0 saturated carbocycles. The molecular formula is C16H16ClNO3. The minimum absolute atomic E-state index is 0.278. The van der Waals surface area contributed by atoms with Gasteiger partial charge >= 0.3 is 0 Å². The Morgan fingerprint density at radius 2 is 2.05 bits per heavy atom. The second kappa shape index (κ2) is 7.11. The standard InChI is InChI=1S/C16H16ClNO3/c1-21-14-8-3-2-5-12(14)10-18-16(20)15(19)11-6-4-7-13(17)9-11/h2-9,15,19H,10H2,1H3,(H,18,20). The zero-order chi connectivity index (χ0) is 15.2. The number of benzene rings is 2. The highest BCUT2D eigenvalue weighted by Crippen LogP contribution is 2.19. The number of nitrogens with one attached hydrogen (secondary N) is 1. The van der Waals surface area contributed by atoms with Crippen LogP contribution in [0.1, 0.15) is 17.2 Å². The van der Waals surface area contributed by atoms with Crippen molar-refractivity contribution in [2.45, 2.75) is 12.6 Å². The Hall–Kier alpha value is -2.04. The number of ether oxygens (including phenoxy) is 1. The number of aliphatic hydroxyl groups is 1. The average molecular weight is 306 g/mol. The summed E-state index contributed by atoms with van der Waals surface area (Å²) in [4.78, 5) is 12.0. The summed E-state index contributed by atoms with van der Waals surface area (Å²) in [6.45, 7) is 0.278. The SMILES string of the molecule is COc1ccccc1CNC(=O)C(O)c1cccc(Cl)c1. The number of hydrogen-bond acceptors (Lipinski definition) is 3. The third-order valence-corrected chi connectivity index (χ3v) is 3.29. The number of carbonyl (C=O) groups excluding carboxylic acids is 1. The van der Waals surface area contributed by atoms with Gasteiger partial charge in [0, 0.05) is 17.1 Å². The molecule has 0 spiro atoms. The van der Waals surface area contributed by atoms with Crippen molar-refractivity contribution < 1.29 is 14.6 Å². The largest absolute Gasteiger partial charge is 0.496 e. The van der Waals surface area contributed by atoms with Crippen molar-refractivity contribution in [1.82, 2.24) is 5.32 Å². The van der Waals surface area contributed by atoms with Gasteiger partial charge in [-0.05, 0) is 23.8 Å². The van der Waals surface area contributed by atoms with Crippen LogP contribution >= 0.6 is 11.6 Å². The van der Waals surface area contributed by atoms with Crippen molar-refractivity contribution in [2.24, 2.45) is 0 Å². The van der Waals surface area contributed by atoms with Crippen LogP contribution in [-0.4, -0.2) is 18.1 Å². The molecule has 2 aromatic rings. The molecular weight excluding hydrogens is 290 g/mol. The van der Waals surface area contributed by atoms with Gasteiger partial charge in [-0.3, -0.25) is 4.79 Å². The van der Waals surface area contributed by atoms with Gasteiger partial charge in [0.25, 0.3) is 5.91 Å². The highest BCUT2D eigenvalue weighted by Gasteiger charge is 2.17. The Bertz CT molecular complexity index is 630. The molecule has 1 unspecified atom stereocenters. The molecule has 1 atom stereocenters. The van der Waals surface area contributed by atoms with Crippen LogP contribution in [0.5, 0.6) is 5.75 Å². The van der Waals surface area contributed by atoms with Crippen molar-refractivity contribution >= 4 is 17.5 Å². The minimum atomic E-state index is -1.25. The minimum Gasteiger partial charge on any atom is -0.496 e. The van der Waals surface area contributed by atoms with Crippen molar-refractivity contribution in [3.8, 4) is 5.75 Å². The summed E-state index contributed by atoms with van der Waals surface area (Å²) in [5.41, 5.74) is 1.30. The number of para-hydroxylation sites is 1. The van der Waals surface area contributed by atoms with E-state index in [2.05, 4.69) is 5.32 Å². The first kappa shape index (κ1) is 15.4. The first-order valence-electron chi connectivity index (χ1n) is 6.45.